The second-order valence-corrected chi connectivity index (χ2v) is 7.30. The van der Waals surface area contributed by atoms with E-state index < -0.39 is 0 Å². The summed E-state index contributed by atoms with van der Waals surface area (Å²) in [6, 6.07) is 9.80. The van der Waals surface area contributed by atoms with Gasteiger partial charge in [-0.3, -0.25) is 9.59 Å². The first-order chi connectivity index (χ1) is 12.6. The first-order valence-electron chi connectivity index (χ1n) is 9.34. The van der Waals surface area contributed by atoms with E-state index in [0.29, 0.717) is 13.2 Å². The molecule has 4 rings (SSSR count). The number of nitrogens with one attached hydrogen (secondary N) is 1. The number of nitrogens with zero attached hydrogens (tertiary/aromatic N) is 1. The quantitative estimate of drug-likeness (QED) is 0.922. The average Bonchev–Trinajstić information content (AvgIpc) is 2.68. The van der Waals surface area contributed by atoms with Gasteiger partial charge in [0.25, 0.3) is 11.5 Å². The maximum Gasteiger partial charge on any atom is 0.263 e. The zero-order valence-electron chi connectivity index (χ0n) is 15.1. The number of hydrogen-bond acceptors (Lipinski definition) is 3. The molecule has 26 heavy (non-hydrogen) atoms. The predicted molar refractivity (Wildman–Crippen MR) is 99.8 cm³/mol. The Morgan fingerprint density at radius 2 is 2.04 bits per heavy atom. The van der Waals surface area contributed by atoms with Gasteiger partial charge in [-0.1, -0.05) is 18.2 Å². The number of ether oxygens (including phenoxy) is 1. The van der Waals surface area contributed by atoms with Gasteiger partial charge < -0.3 is 14.6 Å². The van der Waals surface area contributed by atoms with Gasteiger partial charge in [-0.05, 0) is 55.4 Å². The van der Waals surface area contributed by atoms with E-state index in [1.807, 2.05) is 18.2 Å². The van der Waals surface area contributed by atoms with Crippen LogP contribution in [0.1, 0.15) is 40.0 Å². The lowest BCUT2D eigenvalue weighted by atomic mass is 9.94. The van der Waals surface area contributed by atoms with Crippen LogP contribution in [0, 0.1) is 5.92 Å². The number of para-hydroxylation sites is 1. The molecule has 2 aliphatic rings. The molecule has 2 aromatic rings. The van der Waals surface area contributed by atoms with Crippen molar-refractivity contribution in [1.82, 2.24) is 9.88 Å². The minimum Gasteiger partial charge on any atom is -0.493 e. The molecule has 1 aromatic carbocycles. The van der Waals surface area contributed by atoms with E-state index in [1.54, 1.807) is 17.7 Å². The fourth-order valence-electron chi connectivity index (χ4n) is 4.01. The molecule has 1 atom stereocenters. The lowest BCUT2D eigenvalue weighted by Crippen LogP contribution is -2.38. The van der Waals surface area contributed by atoms with Crippen LogP contribution in [-0.4, -0.2) is 23.6 Å². The highest BCUT2D eigenvalue weighted by Gasteiger charge is 2.23. The molecule has 5 heteroatoms. The zero-order valence-corrected chi connectivity index (χ0v) is 15.1. The Kier molecular flexibility index (Phi) is 4.53. The van der Waals surface area contributed by atoms with Crippen molar-refractivity contribution >= 4 is 5.91 Å². The van der Waals surface area contributed by atoms with Gasteiger partial charge in [0.2, 0.25) is 0 Å². The second kappa shape index (κ2) is 6.98. The fraction of sp³-hybridized carbons (Fsp3) is 0.429. The van der Waals surface area contributed by atoms with E-state index >= 15 is 0 Å². The van der Waals surface area contributed by atoms with Crippen molar-refractivity contribution in [3.05, 3.63) is 63.1 Å². The standard InChI is InChI=1S/C21H24N2O3/c1-23-18-8-4-2-6-15(18)11-17(21(23)25)20(24)22-12-14-10-16-7-3-5-9-19(16)26-13-14/h3,5,7,9,11,14H,2,4,6,8,10,12-13H2,1H3,(H,22,24)/t14-/m0/s1. The Balaban J connectivity index is 1.46. The fourth-order valence-corrected chi connectivity index (χ4v) is 4.01. The predicted octanol–water partition coefficient (Wildman–Crippen LogP) is 2.25. The molecule has 0 unspecified atom stereocenters. The molecule has 0 radical (unpaired) electrons. The van der Waals surface area contributed by atoms with Crippen LogP contribution in [0.4, 0.5) is 0 Å². The van der Waals surface area contributed by atoms with Crippen LogP contribution in [0.25, 0.3) is 0 Å². The molecule has 1 N–H and O–H groups in total. The summed E-state index contributed by atoms with van der Waals surface area (Å²) in [5.74, 6) is 0.867. The average molecular weight is 352 g/mol. The molecule has 0 saturated heterocycles. The van der Waals surface area contributed by atoms with Gasteiger partial charge in [-0.2, -0.15) is 0 Å². The Hall–Kier alpha value is -2.56. The molecular formula is C21H24N2O3. The first-order valence-corrected chi connectivity index (χ1v) is 9.34. The first kappa shape index (κ1) is 16.9. The van der Waals surface area contributed by atoms with E-state index in [-0.39, 0.29) is 22.9 Å². The van der Waals surface area contributed by atoms with Crippen molar-refractivity contribution in [2.45, 2.75) is 32.1 Å². The Morgan fingerprint density at radius 3 is 2.92 bits per heavy atom. The third-order valence-electron chi connectivity index (χ3n) is 5.49. The van der Waals surface area contributed by atoms with E-state index in [2.05, 4.69) is 11.4 Å². The Morgan fingerprint density at radius 1 is 1.23 bits per heavy atom. The monoisotopic (exact) mass is 352 g/mol. The van der Waals surface area contributed by atoms with Gasteiger partial charge in [-0.25, -0.2) is 0 Å². The highest BCUT2D eigenvalue weighted by molar-refractivity contribution is 5.94. The summed E-state index contributed by atoms with van der Waals surface area (Å²) in [5, 5.41) is 2.94. The number of carbonyl (C=O) groups excluding carboxylic acids is 1. The van der Waals surface area contributed by atoms with Crippen molar-refractivity contribution < 1.29 is 9.53 Å². The molecule has 5 nitrogen and oxygen atoms in total. The number of fused-ring (bicyclic) bond motifs is 2. The lowest BCUT2D eigenvalue weighted by molar-refractivity contribution is 0.0936. The molecule has 2 heterocycles. The molecule has 0 fully saturated rings. The summed E-state index contributed by atoms with van der Waals surface area (Å²) in [6.45, 7) is 1.09. The largest absolute Gasteiger partial charge is 0.493 e. The molecule has 1 aliphatic heterocycles. The highest BCUT2D eigenvalue weighted by atomic mass is 16.5. The zero-order chi connectivity index (χ0) is 18.1. The summed E-state index contributed by atoms with van der Waals surface area (Å²) < 4.78 is 7.43. The molecule has 1 aromatic heterocycles. The molecule has 136 valence electrons. The van der Waals surface area contributed by atoms with Crippen LogP contribution in [-0.2, 0) is 26.3 Å². The van der Waals surface area contributed by atoms with Crippen LogP contribution in [0.5, 0.6) is 5.75 Å². The Labute approximate surface area is 153 Å². The third kappa shape index (κ3) is 3.14. The third-order valence-corrected chi connectivity index (χ3v) is 5.49. The normalized spacial score (nSPS) is 18.4. The van der Waals surface area contributed by atoms with Gasteiger partial charge in [-0.15, -0.1) is 0 Å². The van der Waals surface area contributed by atoms with Crippen LogP contribution in [0.3, 0.4) is 0 Å². The summed E-state index contributed by atoms with van der Waals surface area (Å²) in [5.41, 5.74) is 3.44. The van der Waals surface area contributed by atoms with Crippen molar-refractivity contribution in [3.63, 3.8) is 0 Å². The minimum absolute atomic E-state index is 0.201. The number of pyridine rings is 1. The molecule has 0 bridgehead atoms. The van der Waals surface area contributed by atoms with E-state index in [9.17, 15) is 9.59 Å². The van der Waals surface area contributed by atoms with E-state index in [4.69, 9.17) is 4.74 Å². The van der Waals surface area contributed by atoms with E-state index in [1.165, 1.54) is 5.56 Å². The summed E-state index contributed by atoms with van der Waals surface area (Å²) in [6.07, 6.45) is 4.96. The number of hydrogen-bond donors (Lipinski definition) is 1. The van der Waals surface area contributed by atoms with Crippen molar-refractivity contribution in [2.24, 2.45) is 13.0 Å². The number of aryl methyl sites for hydroxylation is 1. The maximum atomic E-state index is 12.6. The topological polar surface area (TPSA) is 60.3 Å². The number of rotatable bonds is 3. The van der Waals surface area contributed by atoms with Crippen LogP contribution < -0.4 is 15.6 Å². The van der Waals surface area contributed by atoms with Gasteiger partial charge in [0.05, 0.1) is 6.61 Å². The van der Waals surface area contributed by atoms with E-state index in [0.717, 1.165) is 49.1 Å². The number of benzene rings is 1. The van der Waals surface area contributed by atoms with Gasteiger partial charge in [0.15, 0.2) is 0 Å². The molecule has 1 amide bonds. The summed E-state index contributed by atoms with van der Waals surface area (Å²) >= 11 is 0. The SMILES string of the molecule is Cn1c2c(cc(C(=O)NC[C@H]3COc4ccccc4C3)c1=O)CCCC2. The Bertz CT molecular complexity index is 901. The van der Waals surface area contributed by atoms with Crippen molar-refractivity contribution in [3.8, 4) is 5.75 Å². The minimum atomic E-state index is -0.280. The van der Waals surface area contributed by atoms with Crippen LogP contribution in [0.15, 0.2) is 35.1 Å². The van der Waals surface area contributed by atoms with Gasteiger partial charge >= 0.3 is 0 Å². The van der Waals surface area contributed by atoms with Crippen molar-refractivity contribution in [1.29, 1.82) is 0 Å². The maximum absolute atomic E-state index is 12.6. The summed E-state index contributed by atoms with van der Waals surface area (Å²) in [7, 11) is 1.77. The van der Waals surface area contributed by atoms with Gasteiger partial charge in [0.1, 0.15) is 11.3 Å². The van der Waals surface area contributed by atoms with Crippen LogP contribution in [0.2, 0.25) is 0 Å². The van der Waals surface area contributed by atoms with Gasteiger partial charge in [0, 0.05) is 25.2 Å². The second-order valence-electron chi connectivity index (χ2n) is 7.30. The van der Waals surface area contributed by atoms with Crippen LogP contribution >= 0.6 is 0 Å². The number of amides is 1. The molecule has 1 aliphatic carbocycles. The lowest BCUT2D eigenvalue weighted by Gasteiger charge is -2.25. The summed E-state index contributed by atoms with van der Waals surface area (Å²) in [4.78, 5) is 25.2. The van der Waals surface area contributed by atoms with Crippen molar-refractivity contribution in [2.75, 3.05) is 13.2 Å². The molecule has 0 saturated carbocycles. The highest BCUT2D eigenvalue weighted by Crippen LogP contribution is 2.26. The smallest absolute Gasteiger partial charge is 0.263 e. The molecular weight excluding hydrogens is 328 g/mol. The number of aromatic nitrogens is 1. The molecule has 0 spiro atoms. The number of carbonyl (C=O) groups is 1.